The predicted octanol–water partition coefficient (Wildman–Crippen LogP) is 14.6. The highest BCUT2D eigenvalue weighted by Gasteiger charge is 2.18. The summed E-state index contributed by atoms with van der Waals surface area (Å²) in [5, 5.41) is 0. The molecule has 0 aliphatic heterocycles. The summed E-state index contributed by atoms with van der Waals surface area (Å²) < 4.78 is 0. The maximum Gasteiger partial charge on any atom is 0.164 e. The van der Waals surface area contributed by atoms with Gasteiger partial charge in [-0.3, -0.25) is 4.98 Å². The first kappa shape index (κ1) is 39.9. The number of benzene rings is 5. The zero-order valence-electron chi connectivity index (χ0n) is 35.3. The van der Waals surface area contributed by atoms with Gasteiger partial charge < -0.3 is 0 Å². The van der Waals surface area contributed by atoms with E-state index in [1.807, 2.05) is 79.1 Å². The van der Waals surface area contributed by atoms with Crippen LogP contribution in [0.15, 0.2) is 177 Å². The van der Waals surface area contributed by atoms with Crippen molar-refractivity contribution in [2.75, 3.05) is 0 Å². The fourth-order valence-electron chi connectivity index (χ4n) is 8.52. The number of hydrogen-bond donors (Lipinski definition) is 0. The van der Waals surface area contributed by atoms with Crippen LogP contribution in [0, 0.1) is 0 Å². The number of rotatable bonds is 11. The molecule has 0 bridgehead atoms. The van der Waals surface area contributed by atoms with Gasteiger partial charge in [-0.1, -0.05) is 170 Å². The van der Waals surface area contributed by atoms with E-state index in [0.717, 1.165) is 69.3 Å². The van der Waals surface area contributed by atoms with Crippen LogP contribution in [0.3, 0.4) is 0 Å². The summed E-state index contributed by atoms with van der Waals surface area (Å²) in [5.74, 6) is 1.91. The highest BCUT2D eigenvalue weighted by Crippen LogP contribution is 2.37. The number of aromatic nitrogens is 4. The molecule has 0 amide bonds. The molecule has 62 heavy (non-hydrogen) atoms. The maximum atomic E-state index is 5.13. The van der Waals surface area contributed by atoms with Crippen molar-refractivity contribution in [3.05, 3.63) is 221 Å². The molecule has 0 radical (unpaired) electrons. The molecule has 4 nitrogen and oxygen atoms in total. The lowest BCUT2D eigenvalue weighted by atomic mass is 9.86. The summed E-state index contributed by atoms with van der Waals surface area (Å²) in [4.78, 5) is 19.8. The quantitative estimate of drug-likeness (QED) is 0.122. The second-order valence-electron chi connectivity index (χ2n) is 15.6. The van der Waals surface area contributed by atoms with Gasteiger partial charge in [0, 0.05) is 34.6 Å². The number of hydrogen-bond acceptors (Lipinski definition) is 4. The fraction of sp³-hybridized carbons (Fsp3) is 0.103. The van der Waals surface area contributed by atoms with E-state index in [2.05, 4.69) is 141 Å². The molecule has 7 aromatic rings. The Bertz CT molecular complexity index is 2900. The van der Waals surface area contributed by atoms with Crippen molar-refractivity contribution in [3.8, 4) is 56.4 Å². The number of allylic oxidation sites excluding steroid dienone is 9. The van der Waals surface area contributed by atoms with Crippen LogP contribution in [0.2, 0.25) is 0 Å². The monoisotopic (exact) mass is 800 g/mol. The van der Waals surface area contributed by atoms with Crippen LogP contribution in [0.5, 0.6) is 0 Å². The topological polar surface area (TPSA) is 51.6 Å². The van der Waals surface area contributed by atoms with Gasteiger partial charge in [0.05, 0.1) is 0 Å². The molecule has 0 unspecified atom stereocenters. The molecule has 0 N–H and O–H groups in total. The lowest BCUT2D eigenvalue weighted by molar-refractivity contribution is 0.968. The molecule has 2 aliphatic carbocycles. The summed E-state index contributed by atoms with van der Waals surface area (Å²) in [6, 6.07) is 38.4. The van der Waals surface area contributed by atoms with E-state index in [-0.39, 0.29) is 0 Å². The first-order valence-corrected chi connectivity index (χ1v) is 21.5. The molecular weight excluding hydrogens is 753 g/mol. The van der Waals surface area contributed by atoms with Gasteiger partial charge in [-0.05, 0) is 125 Å². The average molecular weight is 801 g/mol. The van der Waals surface area contributed by atoms with Crippen molar-refractivity contribution in [1.29, 1.82) is 0 Å². The molecule has 2 aromatic heterocycles. The summed E-state index contributed by atoms with van der Waals surface area (Å²) in [6.07, 6.45) is 33.8. The lowest BCUT2D eigenvalue weighted by Gasteiger charge is -2.17. The van der Waals surface area contributed by atoms with Crippen LogP contribution in [0.1, 0.15) is 64.8 Å². The Balaban J connectivity index is 1.14. The molecule has 0 saturated carbocycles. The van der Waals surface area contributed by atoms with Gasteiger partial charge in [0.15, 0.2) is 17.5 Å². The molecule has 5 aromatic carbocycles. The number of nitrogens with zero attached hydrogens (tertiary/aromatic N) is 4. The second kappa shape index (κ2) is 18.4. The smallest absolute Gasteiger partial charge is 0.164 e. The van der Waals surface area contributed by atoms with Crippen molar-refractivity contribution in [3.63, 3.8) is 0 Å². The number of aryl methyl sites for hydroxylation is 1. The molecule has 2 heterocycles. The van der Waals surface area contributed by atoms with Gasteiger partial charge in [0.25, 0.3) is 0 Å². The van der Waals surface area contributed by atoms with E-state index < -0.39 is 0 Å². The summed E-state index contributed by atoms with van der Waals surface area (Å²) in [5.41, 5.74) is 18.3. The Kier molecular flexibility index (Phi) is 11.8. The molecule has 4 heteroatoms. The van der Waals surface area contributed by atoms with Crippen molar-refractivity contribution in [1.82, 2.24) is 19.9 Å². The van der Waals surface area contributed by atoms with Crippen molar-refractivity contribution < 1.29 is 0 Å². The van der Waals surface area contributed by atoms with Crippen molar-refractivity contribution in [2.24, 2.45) is 0 Å². The molecule has 0 spiro atoms. The van der Waals surface area contributed by atoms with Crippen LogP contribution in [0.25, 0.3) is 86.3 Å². The largest absolute Gasteiger partial charge is 0.264 e. The minimum Gasteiger partial charge on any atom is -0.264 e. The van der Waals surface area contributed by atoms with Crippen molar-refractivity contribution >= 4 is 29.9 Å². The van der Waals surface area contributed by atoms with E-state index in [9.17, 15) is 0 Å². The summed E-state index contributed by atoms with van der Waals surface area (Å²) in [6.45, 7) is 8.41. The summed E-state index contributed by atoms with van der Waals surface area (Å²) >= 11 is 0. The van der Waals surface area contributed by atoms with Crippen LogP contribution in [-0.2, 0) is 19.3 Å². The average Bonchev–Trinajstić information content (AvgIpc) is 3.58. The van der Waals surface area contributed by atoms with Gasteiger partial charge in [-0.25, -0.2) is 15.0 Å². The van der Waals surface area contributed by atoms with Gasteiger partial charge in [0.2, 0.25) is 0 Å². The lowest BCUT2D eigenvalue weighted by Crippen LogP contribution is -2.01. The highest BCUT2D eigenvalue weighted by molar-refractivity contribution is 5.88. The fourth-order valence-corrected chi connectivity index (χ4v) is 8.52. The van der Waals surface area contributed by atoms with Crippen LogP contribution < -0.4 is 0 Å². The van der Waals surface area contributed by atoms with Crippen molar-refractivity contribution in [2.45, 2.75) is 39.5 Å². The summed E-state index contributed by atoms with van der Waals surface area (Å²) in [7, 11) is 0. The van der Waals surface area contributed by atoms with Gasteiger partial charge >= 0.3 is 0 Å². The first-order valence-electron chi connectivity index (χ1n) is 21.5. The Morgan fingerprint density at radius 1 is 0.629 bits per heavy atom. The Hall–Kier alpha value is -7.56. The SMILES string of the molecule is C=Cc1c2c(cc(-c3ccc(-c4cc(C/C=C\C(=C/C)c5cncc6c5C=CCC6)cc(-c5nc(-c6ccccc6)nc(-c6ccccc6)n5)c4)cc3)c1/C=C\C)CC=CC=C2. The van der Waals surface area contributed by atoms with Crippen LogP contribution >= 0.6 is 0 Å². The second-order valence-corrected chi connectivity index (χ2v) is 15.6. The number of pyridine rings is 1. The Morgan fingerprint density at radius 2 is 1.32 bits per heavy atom. The molecule has 9 rings (SSSR count). The Morgan fingerprint density at radius 3 is 2.02 bits per heavy atom. The minimum atomic E-state index is 0.630. The van der Waals surface area contributed by atoms with Gasteiger partial charge in [-0.2, -0.15) is 0 Å². The highest BCUT2D eigenvalue weighted by atomic mass is 15.0. The predicted molar refractivity (Wildman–Crippen MR) is 262 cm³/mol. The van der Waals surface area contributed by atoms with Gasteiger partial charge in [-0.15, -0.1) is 0 Å². The third-order valence-corrected chi connectivity index (χ3v) is 11.6. The first-order chi connectivity index (χ1) is 30.6. The molecule has 0 fully saturated rings. The van der Waals surface area contributed by atoms with Gasteiger partial charge in [0.1, 0.15) is 0 Å². The van der Waals surface area contributed by atoms with E-state index >= 15 is 0 Å². The minimum absolute atomic E-state index is 0.630. The molecular formula is C58H48N4. The molecule has 0 saturated heterocycles. The zero-order valence-corrected chi connectivity index (χ0v) is 35.3. The van der Waals surface area contributed by atoms with Crippen LogP contribution in [-0.4, -0.2) is 19.9 Å². The van der Waals surface area contributed by atoms with E-state index in [0.29, 0.717) is 23.9 Å². The molecule has 2 aliphatic rings. The maximum absolute atomic E-state index is 5.13. The molecule has 0 atom stereocenters. The third kappa shape index (κ3) is 8.41. The third-order valence-electron chi connectivity index (χ3n) is 11.6. The zero-order chi connectivity index (χ0) is 42.3. The Labute approximate surface area is 365 Å². The molecule has 300 valence electrons. The van der Waals surface area contributed by atoms with E-state index in [4.69, 9.17) is 15.0 Å². The normalized spacial score (nSPS) is 13.4. The van der Waals surface area contributed by atoms with E-state index in [1.165, 1.54) is 38.9 Å². The van der Waals surface area contributed by atoms with E-state index in [1.54, 1.807) is 0 Å². The number of fused-ring (bicyclic) bond motifs is 2. The van der Waals surface area contributed by atoms with Crippen LogP contribution in [0.4, 0.5) is 0 Å². The standard InChI is InChI=1S/C58H48N4/c1-4-19-53-50(6-3)51-28-15-9-14-25-46(51)37-54(53)43-32-30-42(31-33-43)48-34-40(20-18-27-41(5-2)55-39-59-38-47-26-16-17-29-52(47)55)35-49(36-48)58-61-56(44-21-10-7-11-22-44)60-57(62-58)45-23-12-8-13-24-45/h4-15,17-19,21-24,27-39H,3,16,20,25-26H2,1-2H3/b19-4-,27-18-,41-5+.